The number of nitrogens with one attached hydrogen (secondary N) is 1. The molecular weight excluding hydrogens is 400 g/mol. The van der Waals surface area contributed by atoms with Gasteiger partial charge in [0.15, 0.2) is 0 Å². The molecule has 1 aromatic heterocycles. The molecule has 32 heavy (non-hydrogen) atoms. The van der Waals surface area contributed by atoms with Crippen molar-refractivity contribution >= 4 is 28.3 Å². The van der Waals surface area contributed by atoms with Crippen molar-refractivity contribution < 1.29 is 9.53 Å². The second-order valence-corrected chi connectivity index (χ2v) is 8.73. The molecule has 2 fully saturated rings. The van der Waals surface area contributed by atoms with Crippen LogP contribution in [0, 0.1) is 5.92 Å². The number of carbonyl (C=O) groups excluding carboxylic acids is 1. The zero-order chi connectivity index (χ0) is 22.2. The molecular formula is C26H30N4O2. The number of amides is 1. The summed E-state index contributed by atoms with van der Waals surface area (Å²) in [6.07, 6.45) is 5.29. The summed E-state index contributed by atoms with van der Waals surface area (Å²) in [5.41, 5.74) is 11.6. The van der Waals surface area contributed by atoms with E-state index in [1.54, 1.807) is 0 Å². The van der Waals surface area contributed by atoms with E-state index >= 15 is 0 Å². The second-order valence-electron chi connectivity index (χ2n) is 8.73. The summed E-state index contributed by atoms with van der Waals surface area (Å²) in [6, 6.07) is 14.9. The Bertz CT molecular complexity index is 1180. The molecule has 0 saturated heterocycles. The fourth-order valence-electron chi connectivity index (χ4n) is 4.50. The van der Waals surface area contributed by atoms with Crippen molar-refractivity contribution in [2.75, 3.05) is 19.0 Å². The number of carbonyl (C=O) groups is 1. The van der Waals surface area contributed by atoms with E-state index in [9.17, 15) is 4.79 Å². The Morgan fingerprint density at radius 1 is 1.16 bits per heavy atom. The molecule has 0 unspecified atom stereocenters. The highest BCUT2D eigenvalue weighted by Crippen LogP contribution is 2.44. The van der Waals surface area contributed by atoms with Crippen molar-refractivity contribution in [3.63, 3.8) is 0 Å². The van der Waals surface area contributed by atoms with Gasteiger partial charge in [0.25, 0.3) is 5.91 Å². The summed E-state index contributed by atoms with van der Waals surface area (Å²) in [5, 5.41) is 4.19. The minimum Gasteiger partial charge on any atom is -0.494 e. The van der Waals surface area contributed by atoms with E-state index in [0.717, 1.165) is 64.8 Å². The number of ether oxygens (including phenoxy) is 1. The number of hydrogen-bond acceptors (Lipinski definition) is 3. The van der Waals surface area contributed by atoms with Gasteiger partial charge < -0.3 is 20.4 Å². The molecule has 1 amide bonds. The summed E-state index contributed by atoms with van der Waals surface area (Å²) in [6.45, 7) is 2.60. The Kier molecular flexibility index (Phi) is 5.37. The fourth-order valence-corrected chi connectivity index (χ4v) is 4.50. The van der Waals surface area contributed by atoms with Gasteiger partial charge in [-0.3, -0.25) is 4.79 Å². The fraction of sp³-hybridized carbons (Fsp3) is 0.385. The molecule has 3 aromatic rings. The van der Waals surface area contributed by atoms with Crippen LogP contribution in [0.2, 0.25) is 0 Å². The van der Waals surface area contributed by atoms with E-state index in [-0.39, 0.29) is 11.8 Å². The molecule has 2 saturated carbocycles. The predicted octanol–water partition coefficient (Wildman–Crippen LogP) is 5.12. The van der Waals surface area contributed by atoms with Gasteiger partial charge in [0, 0.05) is 36.1 Å². The van der Waals surface area contributed by atoms with Crippen LogP contribution in [0.25, 0.3) is 22.2 Å². The number of rotatable bonds is 7. The number of benzene rings is 2. The number of amidine groups is 1. The van der Waals surface area contributed by atoms with Crippen molar-refractivity contribution in [2.45, 2.75) is 45.1 Å². The molecule has 0 atom stereocenters. The molecule has 166 valence electrons. The van der Waals surface area contributed by atoms with Gasteiger partial charge >= 0.3 is 0 Å². The van der Waals surface area contributed by atoms with Crippen LogP contribution in [0.5, 0.6) is 5.75 Å². The smallest absolute Gasteiger partial charge is 0.250 e. The summed E-state index contributed by atoms with van der Waals surface area (Å²) in [4.78, 5) is 16.9. The number of nitrogens with zero attached hydrogens (tertiary/aromatic N) is 2. The predicted molar refractivity (Wildman–Crippen MR) is 129 cm³/mol. The lowest BCUT2D eigenvalue weighted by molar-refractivity contribution is -0.118. The highest BCUT2D eigenvalue weighted by atomic mass is 16.5. The number of hydrogen-bond donors (Lipinski definition) is 2. The van der Waals surface area contributed by atoms with Crippen molar-refractivity contribution in [1.82, 2.24) is 4.57 Å². The largest absolute Gasteiger partial charge is 0.494 e. The summed E-state index contributed by atoms with van der Waals surface area (Å²) in [5.74, 6) is 1.08. The maximum absolute atomic E-state index is 12.5. The van der Waals surface area contributed by atoms with E-state index in [2.05, 4.69) is 51.3 Å². The van der Waals surface area contributed by atoms with Crippen molar-refractivity contribution in [3.8, 4) is 17.0 Å². The zero-order valence-corrected chi connectivity index (χ0v) is 18.7. The van der Waals surface area contributed by atoms with E-state index < -0.39 is 0 Å². The maximum Gasteiger partial charge on any atom is 0.250 e. The lowest BCUT2D eigenvalue weighted by Gasteiger charge is -2.30. The summed E-state index contributed by atoms with van der Waals surface area (Å²) < 4.78 is 8.21. The maximum atomic E-state index is 12.5. The zero-order valence-electron chi connectivity index (χ0n) is 18.7. The first-order valence-electron chi connectivity index (χ1n) is 11.6. The first-order chi connectivity index (χ1) is 15.6. The van der Waals surface area contributed by atoms with Crippen LogP contribution in [0.15, 0.2) is 47.5 Å². The van der Waals surface area contributed by atoms with E-state index in [0.29, 0.717) is 18.5 Å². The van der Waals surface area contributed by atoms with Gasteiger partial charge in [-0.2, -0.15) is 4.99 Å². The number of anilines is 1. The first kappa shape index (κ1) is 20.6. The summed E-state index contributed by atoms with van der Waals surface area (Å²) in [7, 11) is 1.91. The van der Waals surface area contributed by atoms with Gasteiger partial charge in [-0.25, -0.2) is 0 Å². The van der Waals surface area contributed by atoms with Crippen molar-refractivity contribution in [2.24, 2.45) is 16.6 Å². The first-order valence-corrected chi connectivity index (χ1v) is 11.6. The number of aromatic nitrogens is 1. The molecule has 1 heterocycles. The molecule has 6 heteroatoms. The molecule has 6 nitrogen and oxygen atoms in total. The molecule has 2 aromatic carbocycles. The lowest BCUT2D eigenvalue weighted by atomic mass is 9.92. The minimum atomic E-state index is -0.102. The topological polar surface area (TPSA) is 81.6 Å². The molecule has 5 rings (SSSR count). The van der Waals surface area contributed by atoms with Crippen LogP contribution >= 0.6 is 0 Å². The van der Waals surface area contributed by atoms with Gasteiger partial charge in [0.1, 0.15) is 11.6 Å². The lowest BCUT2D eigenvalue weighted by Crippen LogP contribution is -2.20. The van der Waals surface area contributed by atoms with Crippen molar-refractivity contribution in [3.05, 3.63) is 48.0 Å². The Balaban J connectivity index is 1.77. The third-order valence-corrected chi connectivity index (χ3v) is 6.59. The van der Waals surface area contributed by atoms with Crippen LogP contribution in [-0.4, -0.2) is 30.0 Å². The number of aliphatic imine (C=N–C) groups is 1. The molecule has 0 radical (unpaired) electrons. The summed E-state index contributed by atoms with van der Waals surface area (Å²) >= 11 is 0. The molecule has 0 spiro atoms. The van der Waals surface area contributed by atoms with Crippen LogP contribution in [0.3, 0.4) is 0 Å². The second kappa shape index (κ2) is 8.34. The Morgan fingerprint density at radius 3 is 2.50 bits per heavy atom. The molecule has 0 aliphatic heterocycles. The van der Waals surface area contributed by atoms with E-state index in [4.69, 9.17) is 10.5 Å². The number of nitrogens with two attached hydrogens (primary N) is 1. The van der Waals surface area contributed by atoms with E-state index in [1.165, 1.54) is 6.42 Å². The third-order valence-electron chi connectivity index (χ3n) is 6.59. The van der Waals surface area contributed by atoms with Gasteiger partial charge in [-0.15, -0.1) is 0 Å². The van der Waals surface area contributed by atoms with Crippen LogP contribution < -0.4 is 15.8 Å². The minimum absolute atomic E-state index is 0.0384. The Hall–Kier alpha value is -3.28. The van der Waals surface area contributed by atoms with Crippen LogP contribution in [0.4, 0.5) is 5.69 Å². The van der Waals surface area contributed by atoms with Gasteiger partial charge in [-0.1, -0.05) is 12.1 Å². The molecule has 0 bridgehead atoms. The van der Waals surface area contributed by atoms with Crippen molar-refractivity contribution in [1.29, 1.82) is 0 Å². The average molecular weight is 431 g/mol. The Labute approximate surface area is 188 Å². The average Bonchev–Trinajstić information content (AvgIpc) is 3.56. The third kappa shape index (κ3) is 3.64. The monoisotopic (exact) mass is 430 g/mol. The SMILES string of the molecule is CCOc1ccc2c(C(N)=NC(=O)C3CC3)c(-c3ccc(NC)cc3)n(C3CCC3)c2c1. The van der Waals surface area contributed by atoms with Crippen LogP contribution in [-0.2, 0) is 4.79 Å². The van der Waals surface area contributed by atoms with Gasteiger partial charge in [0.05, 0.1) is 23.4 Å². The molecule has 3 N–H and O–H groups in total. The quantitative estimate of drug-likeness (QED) is 0.403. The van der Waals surface area contributed by atoms with E-state index in [1.807, 2.05) is 20.0 Å². The highest BCUT2D eigenvalue weighted by Gasteiger charge is 2.32. The highest BCUT2D eigenvalue weighted by molar-refractivity contribution is 6.17. The molecule has 2 aliphatic carbocycles. The van der Waals surface area contributed by atoms with Gasteiger partial charge in [-0.05, 0) is 68.9 Å². The van der Waals surface area contributed by atoms with Gasteiger partial charge in [0.2, 0.25) is 0 Å². The van der Waals surface area contributed by atoms with Crippen LogP contribution in [0.1, 0.15) is 50.6 Å². The number of fused-ring (bicyclic) bond motifs is 1. The Morgan fingerprint density at radius 2 is 1.91 bits per heavy atom. The normalized spacial score (nSPS) is 16.8. The standard InChI is InChI=1S/C26H30N4O2/c1-3-32-20-13-14-21-22(15-20)30(19-5-4-6-19)24(16-9-11-18(28-2)12-10-16)23(21)25(27)29-26(31)17-7-8-17/h9-15,17,19,28H,3-8H2,1-2H3,(H2,27,29,31). The molecule has 2 aliphatic rings.